The molecule has 3 aromatic carbocycles. The normalized spacial score (nSPS) is 13.9. The van der Waals surface area contributed by atoms with Crippen molar-refractivity contribution in [3.63, 3.8) is 0 Å². The molecule has 10 heteroatoms. The van der Waals surface area contributed by atoms with Crippen LogP contribution < -0.4 is 24.8 Å². The van der Waals surface area contributed by atoms with Crippen LogP contribution in [0.15, 0.2) is 66.7 Å². The van der Waals surface area contributed by atoms with Gasteiger partial charge in [0.05, 0.1) is 0 Å². The Bertz CT molecular complexity index is 1530. The summed E-state index contributed by atoms with van der Waals surface area (Å²) in [6.45, 7) is 6.87. The van der Waals surface area contributed by atoms with E-state index >= 15 is 0 Å². The van der Waals surface area contributed by atoms with Gasteiger partial charge in [0.15, 0.2) is 13.5 Å². The van der Waals surface area contributed by atoms with Crippen LogP contribution in [0, 0.1) is 0 Å². The number of hydrogen-bond donors (Lipinski definition) is 3. The Balaban J connectivity index is 1.39. The Kier molecular flexibility index (Phi) is 10.1. The average Bonchev–Trinajstić information content (AvgIpc) is 3.65. The predicted octanol–water partition coefficient (Wildman–Crippen LogP) is 5.07. The maximum atomic E-state index is 11.7. The molecule has 0 radical (unpaired) electrons. The molecule has 1 saturated heterocycles. The highest BCUT2D eigenvalue weighted by Gasteiger charge is 2.23. The summed E-state index contributed by atoms with van der Waals surface area (Å²) in [7, 11) is 0. The van der Waals surface area contributed by atoms with E-state index in [9.17, 15) is 14.7 Å². The number of amides is 2. The number of carbonyl (C=O) groups is 2. The van der Waals surface area contributed by atoms with Crippen molar-refractivity contribution in [2.24, 2.45) is 0 Å². The monoisotopic (exact) mass is 603 g/mol. The lowest BCUT2D eigenvalue weighted by Gasteiger charge is -2.16. The molecule has 2 heterocycles. The first-order valence-electron chi connectivity index (χ1n) is 14.4. The minimum atomic E-state index is -0.885. The van der Waals surface area contributed by atoms with E-state index in [1.165, 1.54) is 26.7 Å². The molecule has 1 aliphatic rings. The highest BCUT2D eigenvalue weighted by molar-refractivity contribution is 7.22. The van der Waals surface area contributed by atoms with Crippen LogP contribution in [0.3, 0.4) is 0 Å². The quantitative estimate of drug-likeness (QED) is 0.183. The Labute approximate surface area is 255 Å². The molecule has 5 rings (SSSR count). The zero-order chi connectivity index (χ0) is 30.2. The van der Waals surface area contributed by atoms with Gasteiger partial charge < -0.3 is 30.0 Å². The summed E-state index contributed by atoms with van der Waals surface area (Å²) < 4.78 is 18.2. The summed E-state index contributed by atoms with van der Waals surface area (Å²) in [5.74, 6) is 1.68. The van der Waals surface area contributed by atoms with Crippen molar-refractivity contribution < 1.29 is 28.9 Å². The Morgan fingerprint density at radius 1 is 0.837 bits per heavy atom. The van der Waals surface area contributed by atoms with E-state index in [0.29, 0.717) is 18.1 Å². The van der Waals surface area contributed by atoms with Crippen molar-refractivity contribution in [1.29, 1.82) is 0 Å². The van der Waals surface area contributed by atoms with Gasteiger partial charge in [-0.3, -0.25) is 14.5 Å². The number of ether oxygens (including phenoxy) is 3. The number of carbonyl (C=O) groups excluding carboxylic acids is 2. The topological polar surface area (TPSA) is 109 Å². The summed E-state index contributed by atoms with van der Waals surface area (Å²) in [6.07, 6.45) is 1.63. The number of fused-ring (bicyclic) bond motifs is 1. The minimum absolute atomic E-state index is 0.0704. The molecule has 0 bridgehead atoms. The van der Waals surface area contributed by atoms with E-state index in [1.807, 2.05) is 66.7 Å². The Morgan fingerprint density at radius 2 is 1.42 bits per heavy atom. The van der Waals surface area contributed by atoms with Crippen LogP contribution in [0.2, 0.25) is 0 Å². The summed E-state index contributed by atoms with van der Waals surface area (Å²) in [5.41, 5.74) is 2.47. The summed E-state index contributed by atoms with van der Waals surface area (Å²) in [4.78, 5) is 25.7. The molecule has 4 aromatic rings. The van der Waals surface area contributed by atoms with E-state index in [2.05, 4.69) is 15.5 Å². The first-order chi connectivity index (χ1) is 20.9. The average molecular weight is 604 g/mol. The van der Waals surface area contributed by atoms with Crippen molar-refractivity contribution in [3.8, 4) is 27.7 Å². The molecule has 43 heavy (non-hydrogen) atoms. The number of hydrogen-bond acceptors (Lipinski definition) is 8. The molecule has 9 nitrogen and oxygen atoms in total. The fourth-order valence-corrected chi connectivity index (χ4v) is 6.30. The third-order valence-electron chi connectivity index (χ3n) is 7.28. The van der Waals surface area contributed by atoms with Crippen LogP contribution in [0.1, 0.15) is 43.9 Å². The van der Waals surface area contributed by atoms with Crippen LogP contribution in [-0.2, 0) is 9.59 Å². The number of aliphatic hydroxyl groups excluding tert-OH is 1. The fraction of sp³-hybridized carbons (Fsp3) is 0.333. The van der Waals surface area contributed by atoms with Gasteiger partial charge in [-0.15, -0.1) is 11.3 Å². The van der Waals surface area contributed by atoms with Crippen molar-refractivity contribution in [1.82, 2.24) is 15.5 Å². The molecular formula is C33H37N3O6S. The summed E-state index contributed by atoms with van der Waals surface area (Å²) in [6, 6.07) is 20.9. The first-order valence-corrected chi connectivity index (χ1v) is 15.2. The number of benzene rings is 3. The number of rotatable bonds is 13. The molecule has 1 unspecified atom stereocenters. The molecule has 0 spiro atoms. The Hall–Kier alpha value is -4.12. The van der Waals surface area contributed by atoms with E-state index in [1.54, 1.807) is 11.3 Å². The van der Waals surface area contributed by atoms with Crippen LogP contribution >= 0.6 is 11.3 Å². The molecule has 1 aromatic heterocycles. The predicted molar refractivity (Wildman–Crippen MR) is 168 cm³/mol. The molecule has 3 N–H and O–H groups in total. The maximum Gasteiger partial charge on any atom is 0.219 e. The van der Waals surface area contributed by atoms with Gasteiger partial charge in [-0.05, 0) is 97.0 Å². The minimum Gasteiger partial charge on any atom is -0.492 e. The smallest absolute Gasteiger partial charge is 0.219 e. The number of nitrogens with zero attached hydrogens (tertiary/aromatic N) is 1. The summed E-state index contributed by atoms with van der Waals surface area (Å²) in [5, 5.41) is 17.9. The van der Waals surface area contributed by atoms with Crippen molar-refractivity contribution >= 4 is 33.2 Å². The third kappa shape index (κ3) is 8.04. The molecule has 1 atom stereocenters. The number of aliphatic hydroxyl groups is 1. The Morgan fingerprint density at radius 3 is 2.07 bits per heavy atom. The lowest BCUT2D eigenvalue weighted by atomic mass is 9.96. The maximum absolute atomic E-state index is 11.7. The second kappa shape index (κ2) is 14.4. The van der Waals surface area contributed by atoms with Gasteiger partial charge in [0, 0.05) is 35.5 Å². The molecular weight excluding hydrogens is 566 g/mol. The van der Waals surface area contributed by atoms with E-state index in [-0.39, 0.29) is 25.3 Å². The van der Waals surface area contributed by atoms with Gasteiger partial charge >= 0.3 is 0 Å². The van der Waals surface area contributed by atoms with Gasteiger partial charge in [-0.1, -0.05) is 12.1 Å². The third-order valence-corrected chi connectivity index (χ3v) is 8.50. The zero-order valence-corrected chi connectivity index (χ0v) is 25.2. The highest BCUT2D eigenvalue weighted by Crippen LogP contribution is 2.45. The largest absolute Gasteiger partial charge is 0.492 e. The molecule has 1 fully saturated rings. The summed E-state index contributed by atoms with van der Waals surface area (Å²) >= 11 is 1.55. The molecule has 1 aliphatic heterocycles. The molecule has 0 aliphatic carbocycles. The van der Waals surface area contributed by atoms with E-state index in [0.717, 1.165) is 57.0 Å². The molecule has 0 saturated carbocycles. The van der Waals surface area contributed by atoms with Crippen LogP contribution in [0.4, 0.5) is 0 Å². The van der Waals surface area contributed by atoms with Gasteiger partial charge in [0.25, 0.3) is 0 Å². The SMILES string of the molecule is CC(=O)NCOc1ccc(-c2sc3cc(OCNC(C)=O)ccc3c2C(O)c2ccc(OCCN3CCCC3)cc2)cc1. The van der Waals surface area contributed by atoms with E-state index < -0.39 is 6.10 Å². The van der Waals surface area contributed by atoms with Gasteiger partial charge in [-0.25, -0.2) is 0 Å². The van der Waals surface area contributed by atoms with Gasteiger partial charge in [0.1, 0.15) is 30.0 Å². The number of nitrogens with one attached hydrogen (secondary N) is 2. The van der Waals surface area contributed by atoms with Crippen LogP contribution in [0.25, 0.3) is 20.5 Å². The van der Waals surface area contributed by atoms with Gasteiger partial charge in [-0.2, -0.15) is 0 Å². The van der Waals surface area contributed by atoms with E-state index in [4.69, 9.17) is 14.2 Å². The van der Waals surface area contributed by atoms with Gasteiger partial charge in [0.2, 0.25) is 11.8 Å². The number of thiophene rings is 1. The number of likely N-dealkylation sites (tertiary alicyclic amines) is 1. The highest BCUT2D eigenvalue weighted by atomic mass is 32.1. The first kappa shape index (κ1) is 30.3. The van der Waals surface area contributed by atoms with Crippen LogP contribution in [0.5, 0.6) is 17.2 Å². The molecule has 2 amide bonds. The van der Waals surface area contributed by atoms with Crippen LogP contribution in [-0.4, -0.2) is 61.5 Å². The van der Waals surface area contributed by atoms with Crippen molar-refractivity contribution in [2.75, 3.05) is 39.7 Å². The fourth-order valence-electron chi connectivity index (χ4n) is 5.03. The van der Waals surface area contributed by atoms with Crippen molar-refractivity contribution in [2.45, 2.75) is 32.8 Å². The second-order valence-electron chi connectivity index (χ2n) is 10.4. The standard InChI is InChI=1S/C33H37N3O6S/c1-22(37)34-20-41-27-11-7-25(8-12-27)33-31(29-14-13-28(19-30(29)43-33)42-21-35-23(2)38)32(39)24-5-9-26(10-6-24)40-18-17-36-15-3-4-16-36/h5-14,19,32,39H,3-4,15-18,20-21H2,1-2H3,(H,34,37)(H,35,38). The second-order valence-corrected chi connectivity index (χ2v) is 11.5. The van der Waals surface area contributed by atoms with Crippen molar-refractivity contribution in [3.05, 3.63) is 77.9 Å². The molecule has 226 valence electrons. The lowest BCUT2D eigenvalue weighted by molar-refractivity contribution is -0.120. The zero-order valence-electron chi connectivity index (χ0n) is 24.4. The lowest BCUT2D eigenvalue weighted by Crippen LogP contribution is -2.25.